The molecule has 0 saturated carbocycles. The van der Waals surface area contributed by atoms with Crippen molar-refractivity contribution in [3.05, 3.63) is 122 Å². The van der Waals surface area contributed by atoms with Crippen LogP contribution in [0, 0.1) is 0 Å². The molecule has 36 heavy (non-hydrogen) atoms. The lowest BCUT2D eigenvalue weighted by Crippen LogP contribution is -2.29. The number of aromatic amines is 2. The first-order valence-electron chi connectivity index (χ1n) is 11.0. The molecule has 0 aliphatic carbocycles. The van der Waals surface area contributed by atoms with E-state index in [0.717, 1.165) is 6.07 Å². The van der Waals surface area contributed by atoms with Crippen LogP contribution in [0.5, 0.6) is 0 Å². The van der Waals surface area contributed by atoms with Crippen LogP contribution in [0.2, 0.25) is 0 Å². The predicted octanol–water partition coefficient (Wildman–Crippen LogP) is 2.30. The van der Waals surface area contributed by atoms with Crippen molar-refractivity contribution in [2.75, 3.05) is 0 Å². The van der Waals surface area contributed by atoms with E-state index in [1.54, 1.807) is 42.5 Å². The molecular formula is C28H12N2O6. The van der Waals surface area contributed by atoms with Crippen LogP contribution in [0.4, 0.5) is 0 Å². The second kappa shape index (κ2) is 6.67. The molecule has 6 aromatic carbocycles. The standard InChI is InChI=1S/C28H12N2O6/c31-18-10-7-15-21(28(18)36)27(35)14-6-9-17-23(20(14)26(15)34)30-16-8-5-13-19(22(16)29-17)25(33)12-4-2-1-3-11(12)24(13)32/h1-10,29-30H. The molecule has 1 heterocycles. The fourth-order valence-electron chi connectivity index (χ4n) is 5.20. The number of hydrogen-bond donors (Lipinski definition) is 2. The van der Waals surface area contributed by atoms with E-state index in [-0.39, 0.29) is 37.8 Å². The lowest BCUT2D eigenvalue weighted by molar-refractivity contribution is 1.41. The largest absolute Gasteiger partial charge is 0.351 e. The summed E-state index contributed by atoms with van der Waals surface area (Å²) in [5.41, 5.74) is -2.12. The molecule has 0 aliphatic rings. The van der Waals surface area contributed by atoms with Crippen LogP contribution in [0.15, 0.2) is 89.4 Å². The topological polar surface area (TPSA) is 134 Å². The highest BCUT2D eigenvalue weighted by Crippen LogP contribution is 2.26. The average Bonchev–Trinajstić information content (AvgIpc) is 2.89. The van der Waals surface area contributed by atoms with Crippen LogP contribution >= 0.6 is 0 Å². The van der Waals surface area contributed by atoms with Gasteiger partial charge in [0.05, 0.1) is 38.2 Å². The first-order valence-corrected chi connectivity index (χ1v) is 11.0. The summed E-state index contributed by atoms with van der Waals surface area (Å²) in [6, 6.07) is 15.0. The van der Waals surface area contributed by atoms with E-state index < -0.39 is 27.1 Å². The van der Waals surface area contributed by atoms with Gasteiger partial charge in [-0.3, -0.25) is 28.8 Å². The predicted molar refractivity (Wildman–Crippen MR) is 140 cm³/mol. The smallest absolute Gasteiger partial charge is 0.237 e. The molecule has 7 rings (SSSR count). The van der Waals surface area contributed by atoms with Gasteiger partial charge in [-0.1, -0.05) is 24.3 Å². The Hall–Kier alpha value is -5.24. The summed E-state index contributed by atoms with van der Waals surface area (Å²) in [5, 5.41) is 0.668. The third-order valence-electron chi connectivity index (χ3n) is 6.88. The maximum Gasteiger partial charge on any atom is 0.237 e. The Labute approximate surface area is 197 Å². The van der Waals surface area contributed by atoms with Crippen molar-refractivity contribution in [1.29, 1.82) is 0 Å². The molecule has 0 fully saturated rings. The summed E-state index contributed by atoms with van der Waals surface area (Å²) in [5.74, 6) is 0. The summed E-state index contributed by atoms with van der Waals surface area (Å²) < 4.78 is 0. The lowest BCUT2D eigenvalue weighted by Gasteiger charge is -2.10. The molecule has 0 aliphatic heterocycles. The number of rotatable bonds is 0. The van der Waals surface area contributed by atoms with Gasteiger partial charge in [0.2, 0.25) is 10.9 Å². The molecule has 0 amide bonds. The highest BCUT2D eigenvalue weighted by Gasteiger charge is 2.19. The highest BCUT2D eigenvalue weighted by atomic mass is 16.2. The SMILES string of the molecule is O=c1ccc2c(=O)c3c(ccc4[nH]c5c(ccc6c(=O)c7ccccc7c(=O)c65)[nH]c43)c(=O)c2c1=O. The van der Waals surface area contributed by atoms with E-state index in [1.807, 2.05) is 0 Å². The Morgan fingerprint density at radius 2 is 0.833 bits per heavy atom. The first kappa shape index (κ1) is 20.2. The quantitative estimate of drug-likeness (QED) is 0.198. The van der Waals surface area contributed by atoms with Gasteiger partial charge in [0.15, 0.2) is 21.7 Å². The highest BCUT2D eigenvalue weighted by molar-refractivity contribution is 6.14. The summed E-state index contributed by atoms with van der Waals surface area (Å²) >= 11 is 0. The molecule has 7 aromatic rings. The molecule has 0 spiro atoms. The van der Waals surface area contributed by atoms with Gasteiger partial charge in [-0.2, -0.15) is 0 Å². The number of benzene rings is 6. The number of fused-ring (bicyclic) bond motifs is 8. The van der Waals surface area contributed by atoms with E-state index >= 15 is 0 Å². The maximum atomic E-state index is 13.4. The zero-order chi connectivity index (χ0) is 24.9. The molecule has 0 unspecified atom stereocenters. The minimum atomic E-state index is -0.999. The van der Waals surface area contributed by atoms with Crippen LogP contribution in [0.1, 0.15) is 0 Å². The molecule has 0 radical (unpaired) electrons. The van der Waals surface area contributed by atoms with Crippen molar-refractivity contribution in [2.45, 2.75) is 0 Å². The molecule has 170 valence electrons. The molecule has 0 atom stereocenters. The van der Waals surface area contributed by atoms with Gasteiger partial charge in [-0.05, 0) is 36.4 Å². The monoisotopic (exact) mass is 472 g/mol. The second-order valence-corrected chi connectivity index (χ2v) is 8.75. The molecule has 1 aromatic heterocycles. The van der Waals surface area contributed by atoms with Crippen molar-refractivity contribution < 1.29 is 0 Å². The Kier molecular flexibility index (Phi) is 3.73. The van der Waals surface area contributed by atoms with Crippen LogP contribution in [-0.4, -0.2) is 9.97 Å². The third kappa shape index (κ3) is 2.37. The zero-order valence-electron chi connectivity index (χ0n) is 18.2. The van der Waals surface area contributed by atoms with Gasteiger partial charge in [-0.15, -0.1) is 0 Å². The maximum absolute atomic E-state index is 13.4. The van der Waals surface area contributed by atoms with Crippen molar-refractivity contribution >= 4 is 65.2 Å². The average molecular weight is 472 g/mol. The summed E-state index contributed by atoms with van der Waals surface area (Å²) in [6.45, 7) is 0. The van der Waals surface area contributed by atoms with Gasteiger partial charge in [-0.25, -0.2) is 0 Å². The van der Waals surface area contributed by atoms with Gasteiger partial charge >= 0.3 is 0 Å². The molecule has 0 saturated heterocycles. The normalized spacial score (nSPS) is 12.0. The molecule has 8 nitrogen and oxygen atoms in total. The minimum Gasteiger partial charge on any atom is -0.351 e. The van der Waals surface area contributed by atoms with Crippen molar-refractivity contribution in [1.82, 2.24) is 9.97 Å². The first-order chi connectivity index (χ1) is 17.4. The van der Waals surface area contributed by atoms with E-state index in [4.69, 9.17) is 0 Å². The van der Waals surface area contributed by atoms with Gasteiger partial charge in [0.25, 0.3) is 0 Å². The number of hydrogen-bond acceptors (Lipinski definition) is 6. The fourth-order valence-corrected chi connectivity index (χ4v) is 5.20. The molecule has 8 heteroatoms. The lowest BCUT2D eigenvalue weighted by atomic mass is 9.99. The molecule has 2 N–H and O–H groups in total. The van der Waals surface area contributed by atoms with Crippen LogP contribution in [0.25, 0.3) is 65.2 Å². The summed E-state index contributed by atoms with van der Waals surface area (Å²) in [6.07, 6.45) is 0. The summed E-state index contributed by atoms with van der Waals surface area (Å²) in [4.78, 5) is 83.5. The van der Waals surface area contributed by atoms with E-state index in [2.05, 4.69) is 9.97 Å². The fraction of sp³-hybridized carbons (Fsp3) is 0. The molecular weight excluding hydrogens is 460 g/mol. The Morgan fingerprint density at radius 3 is 1.44 bits per heavy atom. The molecule has 0 bridgehead atoms. The number of H-pyrrole nitrogens is 2. The van der Waals surface area contributed by atoms with Crippen LogP contribution in [0.3, 0.4) is 0 Å². The summed E-state index contributed by atoms with van der Waals surface area (Å²) in [7, 11) is 0. The van der Waals surface area contributed by atoms with Crippen LogP contribution in [-0.2, 0) is 0 Å². The van der Waals surface area contributed by atoms with E-state index in [1.165, 1.54) is 12.1 Å². The van der Waals surface area contributed by atoms with Crippen molar-refractivity contribution in [3.8, 4) is 0 Å². The second-order valence-electron chi connectivity index (χ2n) is 8.75. The van der Waals surface area contributed by atoms with Crippen molar-refractivity contribution in [3.63, 3.8) is 0 Å². The van der Waals surface area contributed by atoms with E-state index in [0.29, 0.717) is 32.8 Å². The van der Waals surface area contributed by atoms with Gasteiger partial charge < -0.3 is 9.97 Å². The number of nitrogens with one attached hydrogen (secondary N) is 2. The van der Waals surface area contributed by atoms with Crippen LogP contribution < -0.4 is 32.6 Å². The zero-order valence-corrected chi connectivity index (χ0v) is 18.2. The van der Waals surface area contributed by atoms with Gasteiger partial charge in [0.1, 0.15) is 0 Å². The van der Waals surface area contributed by atoms with E-state index in [9.17, 15) is 28.8 Å². The minimum absolute atomic E-state index is 0.00448. The Bertz CT molecular complexity index is 2500. The van der Waals surface area contributed by atoms with Crippen molar-refractivity contribution in [2.24, 2.45) is 0 Å². The van der Waals surface area contributed by atoms with Gasteiger partial charge in [0, 0.05) is 26.9 Å². The third-order valence-corrected chi connectivity index (χ3v) is 6.88. The number of aromatic nitrogens is 2. The Balaban J connectivity index is 1.72. The Morgan fingerprint density at radius 1 is 0.389 bits per heavy atom.